The number of hydrogen-bond donors (Lipinski definition) is 0. The number of sulfone groups is 1. The van der Waals surface area contributed by atoms with Crippen LogP contribution in [-0.2, 0) is 30.2 Å². The summed E-state index contributed by atoms with van der Waals surface area (Å²) in [4.78, 5) is 11.0. The van der Waals surface area contributed by atoms with Crippen molar-refractivity contribution in [2.45, 2.75) is 20.0 Å². The van der Waals surface area contributed by atoms with Crippen molar-refractivity contribution >= 4 is 26.6 Å². The summed E-state index contributed by atoms with van der Waals surface area (Å²) in [5.41, 5.74) is 0. The third kappa shape index (κ3) is 9.86. The highest BCUT2D eigenvalue weighted by Gasteiger charge is 2.12. The summed E-state index contributed by atoms with van der Waals surface area (Å²) < 4.78 is 37.5. The van der Waals surface area contributed by atoms with Gasteiger partial charge in [-0.2, -0.15) is 0 Å². The van der Waals surface area contributed by atoms with E-state index in [-0.39, 0.29) is 23.4 Å². The number of esters is 1. The fourth-order valence-electron chi connectivity index (χ4n) is 0.745. The Labute approximate surface area is 92.6 Å². The maximum absolute atomic E-state index is 11.2. The van der Waals surface area contributed by atoms with E-state index in [1.165, 1.54) is 0 Å². The predicted octanol–water partition coefficient (Wildman–Crippen LogP) is -0.269. The highest BCUT2D eigenvalue weighted by Crippen LogP contribution is 1.94. The second kappa shape index (κ2) is 6.22. The third-order valence-corrected chi connectivity index (χ3v) is 3.75. The lowest BCUT2D eigenvalue weighted by molar-refractivity contribution is -0.144. The highest BCUT2D eigenvalue weighted by molar-refractivity contribution is 7.92. The van der Waals surface area contributed by atoms with Crippen molar-refractivity contribution in [2.24, 2.45) is 0 Å². The van der Waals surface area contributed by atoms with Crippen molar-refractivity contribution in [1.82, 2.24) is 0 Å². The summed E-state index contributed by atoms with van der Waals surface area (Å²) in [6.45, 7) is 3.38. The van der Waals surface area contributed by atoms with Crippen LogP contribution in [0.1, 0.15) is 13.8 Å². The largest absolute Gasteiger partial charge is 0.462 e. The lowest BCUT2D eigenvalue weighted by atomic mass is 10.5. The van der Waals surface area contributed by atoms with E-state index < -0.39 is 26.6 Å². The molecule has 0 N–H and O–H groups in total. The summed E-state index contributed by atoms with van der Waals surface area (Å²) in [6.07, 6.45) is 0.820. The van der Waals surface area contributed by atoms with Crippen molar-refractivity contribution in [3.05, 3.63) is 0 Å². The van der Waals surface area contributed by atoms with Gasteiger partial charge in [-0.3, -0.25) is 9.00 Å². The van der Waals surface area contributed by atoms with Gasteiger partial charge in [-0.1, -0.05) is 0 Å². The summed E-state index contributed by atoms with van der Waals surface area (Å²) in [5.74, 6) is -0.995. The van der Waals surface area contributed by atoms with E-state index in [4.69, 9.17) is 4.74 Å². The third-order valence-electron chi connectivity index (χ3n) is 1.33. The SMILES string of the molecule is CC(C)OC(=O)CS(=O)CCS(C)(=O)=O. The van der Waals surface area contributed by atoms with Crippen LogP contribution in [-0.4, -0.2) is 48.2 Å². The average molecular weight is 256 g/mol. The molecule has 0 aromatic carbocycles. The molecule has 0 amide bonds. The van der Waals surface area contributed by atoms with Crippen LogP contribution in [0, 0.1) is 0 Å². The van der Waals surface area contributed by atoms with Gasteiger partial charge in [0, 0.05) is 22.8 Å². The standard InChI is InChI=1S/C8H16O5S2/c1-7(2)13-8(9)6-14(10)4-5-15(3,11)12/h7H,4-6H2,1-3H3. The summed E-state index contributed by atoms with van der Waals surface area (Å²) in [6, 6.07) is 0. The molecule has 0 rings (SSSR count). The highest BCUT2D eigenvalue weighted by atomic mass is 32.2. The van der Waals surface area contributed by atoms with E-state index in [0.717, 1.165) is 6.26 Å². The molecular weight excluding hydrogens is 240 g/mol. The van der Waals surface area contributed by atoms with Crippen LogP contribution in [0.4, 0.5) is 0 Å². The molecule has 15 heavy (non-hydrogen) atoms. The lowest BCUT2D eigenvalue weighted by Crippen LogP contribution is -2.21. The van der Waals surface area contributed by atoms with E-state index in [1.54, 1.807) is 13.8 Å². The van der Waals surface area contributed by atoms with Gasteiger partial charge in [-0.15, -0.1) is 0 Å². The Morgan fingerprint density at radius 3 is 2.33 bits per heavy atom. The molecule has 0 aliphatic carbocycles. The molecule has 0 saturated heterocycles. The van der Waals surface area contributed by atoms with Gasteiger partial charge in [0.1, 0.15) is 15.6 Å². The van der Waals surface area contributed by atoms with Gasteiger partial charge >= 0.3 is 5.97 Å². The molecule has 0 aliphatic rings. The normalized spacial score (nSPS) is 13.9. The molecule has 0 heterocycles. The number of rotatable bonds is 6. The van der Waals surface area contributed by atoms with E-state index >= 15 is 0 Å². The molecule has 0 aliphatic heterocycles. The number of ether oxygens (including phenoxy) is 1. The first-order chi connectivity index (χ1) is 6.70. The molecule has 90 valence electrons. The zero-order valence-electron chi connectivity index (χ0n) is 9.06. The molecule has 1 atom stereocenters. The van der Waals surface area contributed by atoms with Crippen LogP contribution in [0.2, 0.25) is 0 Å². The Balaban J connectivity index is 3.90. The van der Waals surface area contributed by atoms with E-state index in [2.05, 4.69) is 0 Å². The summed E-state index contributed by atoms with van der Waals surface area (Å²) >= 11 is 0. The minimum atomic E-state index is -3.12. The van der Waals surface area contributed by atoms with Crippen LogP contribution in [0.5, 0.6) is 0 Å². The van der Waals surface area contributed by atoms with Crippen LogP contribution in [0.15, 0.2) is 0 Å². The molecule has 0 bridgehead atoms. The average Bonchev–Trinajstić information content (AvgIpc) is 1.97. The Morgan fingerprint density at radius 2 is 1.93 bits per heavy atom. The van der Waals surface area contributed by atoms with Crippen molar-refractivity contribution in [3.8, 4) is 0 Å². The van der Waals surface area contributed by atoms with Crippen LogP contribution in [0.3, 0.4) is 0 Å². The Bertz CT molecular complexity index is 331. The van der Waals surface area contributed by atoms with Gasteiger partial charge in [-0.05, 0) is 13.8 Å². The number of carbonyl (C=O) groups is 1. The molecule has 0 radical (unpaired) electrons. The first-order valence-electron chi connectivity index (χ1n) is 4.43. The van der Waals surface area contributed by atoms with Crippen molar-refractivity contribution in [2.75, 3.05) is 23.5 Å². The maximum atomic E-state index is 11.2. The quantitative estimate of drug-likeness (QED) is 0.611. The predicted molar refractivity (Wildman–Crippen MR) is 58.8 cm³/mol. The molecule has 5 nitrogen and oxygen atoms in total. The van der Waals surface area contributed by atoms with E-state index in [0.29, 0.717) is 0 Å². The monoisotopic (exact) mass is 256 g/mol. The first kappa shape index (κ1) is 14.6. The Kier molecular flexibility index (Phi) is 6.04. The molecule has 0 aromatic rings. The fourth-order valence-corrected chi connectivity index (χ4v) is 3.17. The Morgan fingerprint density at radius 1 is 1.40 bits per heavy atom. The Hall–Kier alpha value is -0.430. The van der Waals surface area contributed by atoms with Crippen LogP contribution >= 0.6 is 0 Å². The molecule has 7 heteroatoms. The van der Waals surface area contributed by atoms with Gasteiger partial charge in [0.15, 0.2) is 0 Å². The molecule has 0 fully saturated rings. The zero-order chi connectivity index (χ0) is 12.1. The second-order valence-electron chi connectivity index (χ2n) is 3.46. The smallest absolute Gasteiger partial charge is 0.318 e. The van der Waals surface area contributed by atoms with Gasteiger partial charge in [-0.25, -0.2) is 8.42 Å². The van der Waals surface area contributed by atoms with Crippen molar-refractivity contribution in [1.29, 1.82) is 0 Å². The molecule has 0 aromatic heterocycles. The number of carbonyl (C=O) groups excluding carboxylic acids is 1. The lowest BCUT2D eigenvalue weighted by Gasteiger charge is -2.07. The van der Waals surface area contributed by atoms with Crippen LogP contribution < -0.4 is 0 Å². The number of hydrogen-bond acceptors (Lipinski definition) is 5. The summed E-state index contributed by atoms with van der Waals surface area (Å²) in [5, 5.41) is 0. The van der Waals surface area contributed by atoms with E-state index in [1.807, 2.05) is 0 Å². The molecule has 0 spiro atoms. The molecule has 0 saturated carbocycles. The second-order valence-corrected chi connectivity index (χ2v) is 7.29. The van der Waals surface area contributed by atoms with Crippen molar-refractivity contribution in [3.63, 3.8) is 0 Å². The first-order valence-corrected chi connectivity index (χ1v) is 7.98. The van der Waals surface area contributed by atoms with Gasteiger partial charge < -0.3 is 4.74 Å². The summed E-state index contributed by atoms with van der Waals surface area (Å²) in [7, 11) is -4.59. The van der Waals surface area contributed by atoms with Gasteiger partial charge in [0.2, 0.25) is 0 Å². The molecule has 1 unspecified atom stereocenters. The molecular formula is C8H16O5S2. The topological polar surface area (TPSA) is 77.5 Å². The minimum absolute atomic E-state index is 0.0218. The maximum Gasteiger partial charge on any atom is 0.318 e. The minimum Gasteiger partial charge on any atom is -0.462 e. The van der Waals surface area contributed by atoms with Gasteiger partial charge in [0.25, 0.3) is 0 Å². The zero-order valence-corrected chi connectivity index (χ0v) is 10.7. The van der Waals surface area contributed by atoms with Crippen LogP contribution in [0.25, 0.3) is 0 Å². The van der Waals surface area contributed by atoms with E-state index in [9.17, 15) is 17.4 Å². The van der Waals surface area contributed by atoms with Gasteiger partial charge in [0.05, 0.1) is 11.9 Å². The van der Waals surface area contributed by atoms with Crippen molar-refractivity contribution < 1.29 is 22.2 Å². The fraction of sp³-hybridized carbons (Fsp3) is 0.875.